The monoisotopic (exact) mass is 269 g/mol. The van der Waals surface area contributed by atoms with Gasteiger partial charge in [0, 0.05) is 30.8 Å². The zero-order valence-corrected chi connectivity index (χ0v) is 12.6. The third-order valence-corrected chi connectivity index (χ3v) is 3.40. The second kappa shape index (κ2) is 6.62. The van der Waals surface area contributed by atoms with Crippen molar-refractivity contribution in [1.82, 2.24) is 9.97 Å². The molecule has 1 aromatic carbocycles. The molecule has 1 atom stereocenters. The summed E-state index contributed by atoms with van der Waals surface area (Å²) in [5.41, 5.74) is 10.8. The van der Waals surface area contributed by atoms with Gasteiger partial charge in [0.25, 0.3) is 0 Å². The second-order valence-corrected chi connectivity index (χ2v) is 5.51. The molecule has 0 saturated carbocycles. The Bertz CT molecular complexity index is 558. The Morgan fingerprint density at radius 3 is 2.50 bits per heavy atom. The molecule has 3 heteroatoms. The smallest absolute Gasteiger partial charge is 0.132 e. The number of benzene rings is 1. The van der Waals surface area contributed by atoms with Gasteiger partial charge in [-0.15, -0.1) is 0 Å². The second-order valence-electron chi connectivity index (χ2n) is 5.51. The van der Waals surface area contributed by atoms with Gasteiger partial charge < -0.3 is 5.73 Å². The van der Waals surface area contributed by atoms with Crippen LogP contribution in [0.15, 0.2) is 30.5 Å². The Balaban J connectivity index is 2.15. The van der Waals surface area contributed by atoms with E-state index in [0.29, 0.717) is 0 Å². The van der Waals surface area contributed by atoms with Gasteiger partial charge in [-0.2, -0.15) is 0 Å². The van der Waals surface area contributed by atoms with E-state index in [1.54, 1.807) is 0 Å². The van der Waals surface area contributed by atoms with Crippen LogP contribution in [-0.2, 0) is 12.8 Å². The van der Waals surface area contributed by atoms with Crippen LogP contribution in [0.25, 0.3) is 0 Å². The van der Waals surface area contributed by atoms with E-state index < -0.39 is 0 Å². The van der Waals surface area contributed by atoms with Crippen molar-refractivity contribution in [3.8, 4) is 0 Å². The minimum Gasteiger partial charge on any atom is -0.327 e. The maximum absolute atomic E-state index is 5.99. The lowest BCUT2D eigenvalue weighted by Gasteiger charge is -2.09. The number of hydrogen-bond donors (Lipinski definition) is 1. The number of hydrogen-bond acceptors (Lipinski definition) is 3. The van der Waals surface area contributed by atoms with Gasteiger partial charge in [-0.05, 0) is 31.9 Å². The average Bonchev–Trinajstić information content (AvgIpc) is 2.37. The lowest BCUT2D eigenvalue weighted by atomic mass is 10.0. The lowest BCUT2D eigenvalue weighted by Crippen LogP contribution is -2.22. The summed E-state index contributed by atoms with van der Waals surface area (Å²) in [6.07, 6.45) is 4.40. The summed E-state index contributed by atoms with van der Waals surface area (Å²) in [5, 5.41) is 0. The largest absolute Gasteiger partial charge is 0.327 e. The Morgan fingerprint density at radius 2 is 1.85 bits per heavy atom. The van der Waals surface area contributed by atoms with Crippen LogP contribution in [0.5, 0.6) is 0 Å². The van der Waals surface area contributed by atoms with Crippen molar-refractivity contribution in [2.45, 2.75) is 46.1 Å². The Kier molecular flexibility index (Phi) is 4.85. The zero-order chi connectivity index (χ0) is 14.5. The van der Waals surface area contributed by atoms with Crippen LogP contribution in [-0.4, -0.2) is 16.0 Å². The van der Waals surface area contributed by atoms with Crippen molar-refractivity contribution in [3.05, 3.63) is 58.7 Å². The molecule has 1 unspecified atom stereocenters. The molecule has 0 saturated heterocycles. The highest BCUT2D eigenvalue weighted by Gasteiger charge is 2.06. The molecule has 3 nitrogen and oxygen atoms in total. The molecule has 2 rings (SSSR count). The maximum Gasteiger partial charge on any atom is 0.132 e. The summed E-state index contributed by atoms with van der Waals surface area (Å²) in [5.74, 6) is 0.871. The lowest BCUT2D eigenvalue weighted by molar-refractivity contribution is 0.633. The zero-order valence-electron chi connectivity index (χ0n) is 12.6. The fourth-order valence-electron chi connectivity index (χ4n) is 2.41. The van der Waals surface area contributed by atoms with Crippen molar-refractivity contribution >= 4 is 0 Å². The first-order valence-electron chi connectivity index (χ1n) is 7.20. The van der Waals surface area contributed by atoms with Crippen molar-refractivity contribution in [3.63, 3.8) is 0 Å². The SMILES string of the molecule is CCC(N)Cc1ccnc(Cc2cc(C)cc(C)c2)n1. The normalized spacial score (nSPS) is 12.4. The molecule has 1 heterocycles. The minimum atomic E-state index is 0.180. The number of aromatic nitrogens is 2. The topological polar surface area (TPSA) is 51.8 Å². The predicted octanol–water partition coefficient (Wildman–Crippen LogP) is 2.96. The van der Waals surface area contributed by atoms with E-state index in [1.165, 1.54) is 16.7 Å². The number of rotatable bonds is 5. The Hall–Kier alpha value is -1.74. The van der Waals surface area contributed by atoms with Crippen molar-refractivity contribution in [1.29, 1.82) is 0 Å². The van der Waals surface area contributed by atoms with E-state index in [9.17, 15) is 0 Å². The molecule has 0 bridgehead atoms. The molecule has 2 N–H and O–H groups in total. The van der Waals surface area contributed by atoms with Crippen LogP contribution >= 0.6 is 0 Å². The van der Waals surface area contributed by atoms with E-state index >= 15 is 0 Å². The summed E-state index contributed by atoms with van der Waals surface area (Å²) in [6, 6.07) is 8.71. The fourth-order valence-corrected chi connectivity index (χ4v) is 2.41. The molecular weight excluding hydrogens is 246 g/mol. The molecule has 106 valence electrons. The number of nitrogens with two attached hydrogens (primary N) is 1. The average molecular weight is 269 g/mol. The number of aryl methyl sites for hydroxylation is 2. The Labute approximate surface area is 121 Å². The van der Waals surface area contributed by atoms with E-state index in [-0.39, 0.29) is 6.04 Å². The molecule has 0 amide bonds. The van der Waals surface area contributed by atoms with Gasteiger partial charge in [0.05, 0.1) is 0 Å². The van der Waals surface area contributed by atoms with E-state index in [2.05, 4.69) is 48.9 Å². The van der Waals surface area contributed by atoms with Gasteiger partial charge in [0.15, 0.2) is 0 Å². The molecule has 0 aliphatic carbocycles. The first kappa shape index (κ1) is 14.7. The van der Waals surface area contributed by atoms with Gasteiger partial charge in [-0.25, -0.2) is 9.97 Å². The first-order valence-corrected chi connectivity index (χ1v) is 7.20. The van der Waals surface area contributed by atoms with Crippen LogP contribution in [0.3, 0.4) is 0 Å². The molecule has 20 heavy (non-hydrogen) atoms. The van der Waals surface area contributed by atoms with Crippen LogP contribution < -0.4 is 5.73 Å². The summed E-state index contributed by atoms with van der Waals surface area (Å²) < 4.78 is 0. The third-order valence-electron chi connectivity index (χ3n) is 3.40. The highest BCUT2D eigenvalue weighted by molar-refractivity contribution is 5.30. The highest BCUT2D eigenvalue weighted by atomic mass is 14.9. The van der Waals surface area contributed by atoms with Crippen LogP contribution in [0.4, 0.5) is 0 Å². The van der Waals surface area contributed by atoms with Crippen molar-refractivity contribution in [2.24, 2.45) is 5.73 Å². The van der Waals surface area contributed by atoms with E-state index in [1.807, 2.05) is 12.3 Å². The summed E-state index contributed by atoms with van der Waals surface area (Å²) >= 11 is 0. The standard InChI is InChI=1S/C17H23N3/c1-4-15(18)11-16-5-6-19-17(20-16)10-14-8-12(2)7-13(3)9-14/h5-9,15H,4,10-11,18H2,1-3H3. The quantitative estimate of drug-likeness (QED) is 0.908. The van der Waals surface area contributed by atoms with Gasteiger partial charge in [0.1, 0.15) is 5.82 Å². The maximum atomic E-state index is 5.99. The molecule has 2 aromatic rings. The molecule has 0 aliphatic rings. The molecule has 0 radical (unpaired) electrons. The van der Waals surface area contributed by atoms with Gasteiger partial charge in [-0.1, -0.05) is 36.2 Å². The fraction of sp³-hybridized carbons (Fsp3) is 0.412. The summed E-state index contributed by atoms with van der Waals surface area (Å²) in [6.45, 7) is 6.34. The number of nitrogens with zero attached hydrogens (tertiary/aromatic N) is 2. The summed E-state index contributed by atoms with van der Waals surface area (Å²) in [7, 11) is 0. The van der Waals surface area contributed by atoms with Gasteiger partial charge >= 0.3 is 0 Å². The third kappa shape index (κ3) is 4.14. The summed E-state index contributed by atoms with van der Waals surface area (Å²) in [4.78, 5) is 9.00. The van der Waals surface area contributed by atoms with E-state index in [4.69, 9.17) is 5.73 Å². The Morgan fingerprint density at radius 1 is 1.15 bits per heavy atom. The van der Waals surface area contributed by atoms with Crippen LogP contribution in [0.1, 0.15) is 41.6 Å². The van der Waals surface area contributed by atoms with E-state index in [0.717, 1.165) is 30.8 Å². The van der Waals surface area contributed by atoms with Crippen molar-refractivity contribution < 1.29 is 0 Å². The van der Waals surface area contributed by atoms with Crippen LogP contribution in [0.2, 0.25) is 0 Å². The molecule has 0 aliphatic heterocycles. The predicted molar refractivity (Wildman–Crippen MR) is 82.7 cm³/mol. The highest BCUT2D eigenvalue weighted by Crippen LogP contribution is 2.12. The molecule has 0 spiro atoms. The van der Waals surface area contributed by atoms with Gasteiger partial charge in [-0.3, -0.25) is 0 Å². The molecular formula is C17H23N3. The van der Waals surface area contributed by atoms with Crippen molar-refractivity contribution in [2.75, 3.05) is 0 Å². The molecule has 0 fully saturated rings. The molecule has 1 aromatic heterocycles. The van der Waals surface area contributed by atoms with Gasteiger partial charge in [0.2, 0.25) is 0 Å². The minimum absolute atomic E-state index is 0.180. The van der Waals surface area contributed by atoms with Crippen LogP contribution in [0, 0.1) is 13.8 Å². The first-order chi connectivity index (χ1) is 9.56.